The van der Waals surface area contributed by atoms with Gasteiger partial charge in [0.15, 0.2) is 0 Å². The predicted octanol–water partition coefficient (Wildman–Crippen LogP) is 0.983. The van der Waals surface area contributed by atoms with Gasteiger partial charge >= 0.3 is 5.97 Å². The number of ether oxygens (including phenoxy) is 1. The van der Waals surface area contributed by atoms with E-state index in [1.165, 1.54) is 0 Å². The predicted molar refractivity (Wildman–Crippen MR) is 70.0 cm³/mol. The van der Waals surface area contributed by atoms with E-state index in [9.17, 15) is 14.7 Å². The summed E-state index contributed by atoms with van der Waals surface area (Å²) in [5.74, 6) is -2.52. The van der Waals surface area contributed by atoms with Gasteiger partial charge in [0, 0.05) is 5.69 Å². The van der Waals surface area contributed by atoms with Gasteiger partial charge in [-0.05, 0) is 19.1 Å². The Balaban J connectivity index is 1.80. The number of anilines is 1. The Morgan fingerprint density at radius 3 is 2.60 bits per heavy atom. The molecule has 2 aliphatic rings. The molecule has 3 rings (SSSR count). The maximum Gasteiger partial charge on any atom is 0.310 e. The number of aliphatic carboxylic acids is 1. The lowest BCUT2D eigenvalue weighted by molar-refractivity contribution is -0.145. The fraction of sp³-hybridized carbons (Fsp3) is 0.357. The van der Waals surface area contributed by atoms with Gasteiger partial charge in [0.05, 0.1) is 18.1 Å². The largest absolute Gasteiger partial charge is 0.481 e. The van der Waals surface area contributed by atoms with Crippen LogP contribution in [0.5, 0.6) is 0 Å². The molecule has 0 radical (unpaired) electrons. The smallest absolute Gasteiger partial charge is 0.310 e. The molecule has 6 nitrogen and oxygen atoms in total. The minimum absolute atomic E-state index is 0.368. The second kappa shape index (κ2) is 4.72. The third kappa shape index (κ3) is 2.08. The first-order valence-electron chi connectivity index (χ1n) is 6.37. The van der Waals surface area contributed by atoms with E-state index in [1.54, 1.807) is 24.3 Å². The number of fused-ring (bicyclic) bond motifs is 2. The second-order valence-corrected chi connectivity index (χ2v) is 4.99. The highest BCUT2D eigenvalue weighted by Gasteiger charge is 2.53. The number of nitrogens with one attached hydrogen (secondary N) is 1. The van der Waals surface area contributed by atoms with Crippen LogP contribution >= 0.6 is 0 Å². The van der Waals surface area contributed by atoms with E-state index in [0.717, 1.165) is 5.69 Å². The highest BCUT2D eigenvalue weighted by atomic mass is 16.5. The molecular formula is C14H14N2O4. The molecule has 0 aliphatic carbocycles. The molecule has 1 aromatic rings. The molecule has 3 heterocycles. The maximum atomic E-state index is 12.3. The Bertz CT molecular complexity index is 599. The summed E-state index contributed by atoms with van der Waals surface area (Å²) >= 11 is 0. The lowest BCUT2D eigenvalue weighted by atomic mass is 9.82. The van der Waals surface area contributed by atoms with Crippen LogP contribution in [-0.2, 0) is 14.3 Å². The van der Waals surface area contributed by atoms with Gasteiger partial charge < -0.3 is 15.2 Å². The first-order valence-corrected chi connectivity index (χ1v) is 6.37. The number of pyridine rings is 1. The van der Waals surface area contributed by atoms with Crippen molar-refractivity contribution in [3.05, 3.63) is 36.0 Å². The van der Waals surface area contributed by atoms with Crippen LogP contribution in [0.4, 0.5) is 5.82 Å². The highest BCUT2D eigenvalue weighted by Crippen LogP contribution is 2.39. The van der Waals surface area contributed by atoms with Crippen molar-refractivity contribution >= 4 is 17.7 Å². The van der Waals surface area contributed by atoms with Crippen molar-refractivity contribution in [1.29, 1.82) is 0 Å². The quantitative estimate of drug-likeness (QED) is 0.802. The minimum Gasteiger partial charge on any atom is -0.481 e. The average molecular weight is 274 g/mol. The summed E-state index contributed by atoms with van der Waals surface area (Å²) in [6.07, 6.45) is 2.47. The molecule has 6 heteroatoms. The van der Waals surface area contributed by atoms with Gasteiger partial charge in [0.2, 0.25) is 5.91 Å². The third-order valence-corrected chi connectivity index (χ3v) is 3.63. The van der Waals surface area contributed by atoms with Gasteiger partial charge in [-0.3, -0.25) is 9.59 Å². The van der Waals surface area contributed by atoms with Gasteiger partial charge in [0.25, 0.3) is 0 Å². The van der Waals surface area contributed by atoms with Crippen LogP contribution in [0.15, 0.2) is 30.4 Å². The Labute approximate surface area is 115 Å². The zero-order chi connectivity index (χ0) is 14.3. The molecule has 2 N–H and O–H groups in total. The molecule has 2 bridgehead atoms. The number of hydrogen-bond acceptors (Lipinski definition) is 4. The number of carbonyl (C=O) groups excluding carboxylic acids is 1. The van der Waals surface area contributed by atoms with E-state index in [1.807, 2.05) is 13.0 Å². The fourth-order valence-corrected chi connectivity index (χ4v) is 2.74. The monoisotopic (exact) mass is 274 g/mol. The van der Waals surface area contributed by atoms with Gasteiger partial charge in [-0.15, -0.1) is 0 Å². The van der Waals surface area contributed by atoms with Crippen molar-refractivity contribution in [1.82, 2.24) is 4.98 Å². The molecule has 1 fully saturated rings. The Kier molecular flexibility index (Phi) is 3.02. The van der Waals surface area contributed by atoms with Crippen molar-refractivity contribution in [3.8, 4) is 0 Å². The summed E-state index contributed by atoms with van der Waals surface area (Å²) in [6.45, 7) is 1.82. The van der Waals surface area contributed by atoms with Crippen LogP contribution in [0.25, 0.3) is 0 Å². The summed E-state index contributed by atoms with van der Waals surface area (Å²) in [5.41, 5.74) is 0.779. The van der Waals surface area contributed by atoms with Crippen LogP contribution in [0.3, 0.4) is 0 Å². The first kappa shape index (κ1) is 12.8. The number of carboxylic acids is 1. The highest BCUT2D eigenvalue weighted by molar-refractivity contribution is 5.96. The van der Waals surface area contributed by atoms with Crippen LogP contribution in [0, 0.1) is 18.8 Å². The topological polar surface area (TPSA) is 88.5 Å². The van der Waals surface area contributed by atoms with Crippen molar-refractivity contribution in [2.45, 2.75) is 19.1 Å². The van der Waals surface area contributed by atoms with Crippen molar-refractivity contribution in [2.75, 3.05) is 5.32 Å². The standard InChI is InChI=1S/C14H14N2O4/c1-7-3-2-4-10(15-7)16-13(17)11-8-5-6-9(20-8)12(11)14(18)19/h2-6,8-9,11-12H,1H3,(H,18,19)(H,15,16,17). The summed E-state index contributed by atoms with van der Waals surface area (Å²) in [4.78, 5) is 27.8. The maximum absolute atomic E-state index is 12.3. The van der Waals surface area contributed by atoms with E-state index in [-0.39, 0.29) is 5.91 Å². The summed E-state index contributed by atoms with van der Waals surface area (Å²) in [5, 5.41) is 11.9. The molecule has 20 heavy (non-hydrogen) atoms. The van der Waals surface area contributed by atoms with Crippen LogP contribution in [-0.4, -0.2) is 34.2 Å². The number of aryl methyl sites for hydroxylation is 1. The lowest BCUT2D eigenvalue weighted by Crippen LogP contribution is -2.39. The SMILES string of the molecule is Cc1cccc(NC(=O)C2C3C=CC(O3)C2C(=O)O)n1. The molecule has 2 aliphatic heterocycles. The molecule has 104 valence electrons. The van der Waals surface area contributed by atoms with E-state index in [4.69, 9.17) is 4.74 Å². The number of carbonyl (C=O) groups is 2. The molecular weight excluding hydrogens is 260 g/mol. The number of aromatic nitrogens is 1. The molecule has 1 aromatic heterocycles. The number of rotatable bonds is 3. The normalized spacial score (nSPS) is 30.4. The number of amides is 1. The first-order chi connectivity index (χ1) is 9.56. The molecule has 0 saturated carbocycles. The zero-order valence-corrected chi connectivity index (χ0v) is 10.8. The van der Waals surface area contributed by atoms with Crippen LogP contribution in [0.1, 0.15) is 5.69 Å². The van der Waals surface area contributed by atoms with Crippen molar-refractivity contribution < 1.29 is 19.4 Å². The van der Waals surface area contributed by atoms with E-state index < -0.39 is 30.0 Å². The minimum atomic E-state index is -1.01. The summed E-state index contributed by atoms with van der Waals surface area (Å²) < 4.78 is 5.47. The van der Waals surface area contributed by atoms with E-state index in [0.29, 0.717) is 5.82 Å². The molecule has 0 aromatic carbocycles. The Morgan fingerprint density at radius 2 is 1.95 bits per heavy atom. The van der Waals surface area contributed by atoms with Crippen molar-refractivity contribution in [3.63, 3.8) is 0 Å². The van der Waals surface area contributed by atoms with Gasteiger partial charge in [-0.25, -0.2) is 4.98 Å². The van der Waals surface area contributed by atoms with Crippen LogP contribution in [0.2, 0.25) is 0 Å². The van der Waals surface area contributed by atoms with Gasteiger partial charge in [-0.2, -0.15) is 0 Å². The van der Waals surface area contributed by atoms with Crippen molar-refractivity contribution in [2.24, 2.45) is 11.8 Å². The van der Waals surface area contributed by atoms with Crippen LogP contribution < -0.4 is 5.32 Å². The second-order valence-electron chi connectivity index (χ2n) is 4.99. The van der Waals surface area contributed by atoms with E-state index in [2.05, 4.69) is 10.3 Å². The number of carboxylic acid groups (broad SMARTS) is 1. The molecule has 0 spiro atoms. The Hall–Kier alpha value is -2.21. The lowest BCUT2D eigenvalue weighted by Gasteiger charge is -2.20. The van der Waals surface area contributed by atoms with Gasteiger partial charge in [0.1, 0.15) is 11.7 Å². The molecule has 4 atom stereocenters. The fourth-order valence-electron chi connectivity index (χ4n) is 2.74. The van der Waals surface area contributed by atoms with Gasteiger partial charge in [-0.1, -0.05) is 18.2 Å². The molecule has 4 unspecified atom stereocenters. The zero-order valence-electron chi connectivity index (χ0n) is 10.8. The number of nitrogens with zero attached hydrogens (tertiary/aromatic N) is 1. The molecule has 1 amide bonds. The van der Waals surface area contributed by atoms with E-state index >= 15 is 0 Å². The average Bonchev–Trinajstić information content (AvgIpc) is 2.98. The summed E-state index contributed by atoms with van der Waals surface area (Å²) in [7, 11) is 0. The third-order valence-electron chi connectivity index (χ3n) is 3.63. The number of hydrogen-bond donors (Lipinski definition) is 2. The summed E-state index contributed by atoms with van der Waals surface area (Å²) in [6, 6.07) is 5.27. The molecule has 1 saturated heterocycles. The Morgan fingerprint density at radius 1 is 1.25 bits per heavy atom.